The lowest BCUT2D eigenvalue weighted by molar-refractivity contribution is -0.144. The molecular weight excluding hydrogens is 156 g/mol. The van der Waals surface area contributed by atoms with Gasteiger partial charge in [-0.25, -0.2) is 0 Å². The second kappa shape index (κ2) is 6.85. The van der Waals surface area contributed by atoms with Gasteiger partial charge in [0.25, 0.3) is 0 Å². The smallest absolute Gasteiger partial charge is 0.308 e. The second-order valence-corrected chi connectivity index (χ2v) is 2.37. The van der Waals surface area contributed by atoms with Gasteiger partial charge in [0.2, 0.25) is 0 Å². The molecule has 0 aliphatic heterocycles. The summed E-state index contributed by atoms with van der Waals surface area (Å²) in [6, 6.07) is 0. The molecule has 0 spiro atoms. The van der Waals surface area contributed by atoms with Crippen LogP contribution in [-0.4, -0.2) is 25.3 Å². The van der Waals surface area contributed by atoms with Crippen molar-refractivity contribution in [3.05, 3.63) is 12.7 Å². The van der Waals surface area contributed by atoms with Crippen molar-refractivity contribution in [2.45, 2.75) is 26.4 Å². The molecule has 0 radical (unpaired) electrons. The lowest BCUT2D eigenvalue weighted by atomic mass is 10.4. The van der Waals surface area contributed by atoms with Gasteiger partial charge in [0.15, 0.2) is 0 Å². The van der Waals surface area contributed by atoms with Crippen LogP contribution in [0.25, 0.3) is 0 Å². The molecular formula is C9H16O3. The third-order valence-corrected chi connectivity index (χ3v) is 1.32. The van der Waals surface area contributed by atoms with Crippen molar-refractivity contribution in [3.8, 4) is 0 Å². The van der Waals surface area contributed by atoms with Crippen LogP contribution in [-0.2, 0) is 14.3 Å². The Bertz CT molecular complexity index is 143. The van der Waals surface area contributed by atoms with Crippen LogP contribution in [0, 0.1) is 0 Å². The van der Waals surface area contributed by atoms with E-state index in [0.717, 1.165) is 0 Å². The zero-order valence-electron chi connectivity index (χ0n) is 7.71. The van der Waals surface area contributed by atoms with E-state index >= 15 is 0 Å². The molecule has 0 bridgehead atoms. The monoisotopic (exact) mass is 172 g/mol. The molecule has 0 N–H and O–H groups in total. The van der Waals surface area contributed by atoms with Crippen LogP contribution < -0.4 is 0 Å². The highest BCUT2D eigenvalue weighted by atomic mass is 16.5. The molecule has 3 nitrogen and oxygen atoms in total. The molecule has 0 saturated carbocycles. The minimum absolute atomic E-state index is 0.000531. The first-order chi connectivity index (χ1) is 5.70. The minimum Gasteiger partial charge on any atom is -0.466 e. The van der Waals surface area contributed by atoms with E-state index in [1.165, 1.54) is 0 Å². The Labute approximate surface area is 73.4 Å². The van der Waals surface area contributed by atoms with E-state index in [-0.39, 0.29) is 12.1 Å². The third kappa shape index (κ3) is 5.92. The van der Waals surface area contributed by atoms with Crippen LogP contribution in [0.5, 0.6) is 0 Å². The molecule has 70 valence electrons. The number of hydrogen-bond acceptors (Lipinski definition) is 3. The van der Waals surface area contributed by atoms with Gasteiger partial charge in [0, 0.05) is 0 Å². The van der Waals surface area contributed by atoms with Crippen LogP contribution in [0.15, 0.2) is 12.7 Å². The van der Waals surface area contributed by atoms with Crippen molar-refractivity contribution in [1.82, 2.24) is 0 Å². The van der Waals surface area contributed by atoms with E-state index < -0.39 is 0 Å². The first-order valence-electron chi connectivity index (χ1n) is 4.10. The highest BCUT2D eigenvalue weighted by molar-refractivity contribution is 5.69. The Kier molecular flexibility index (Phi) is 6.38. The van der Waals surface area contributed by atoms with E-state index in [9.17, 15) is 4.79 Å². The molecule has 0 amide bonds. The maximum atomic E-state index is 10.8. The van der Waals surface area contributed by atoms with Gasteiger partial charge in [-0.2, -0.15) is 0 Å². The van der Waals surface area contributed by atoms with Gasteiger partial charge >= 0.3 is 5.97 Å². The standard InChI is InChI=1S/C9H16O3/c1-4-8(3)12-7-6-9(10)11-5-2/h4,8H,1,5-7H2,2-3H3. The first kappa shape index (κ1) is 11.2. The SMILES string of the molecule is C=CC(C)OCCC(=O)OCC. The fourth-order valence-corrected chi connectivity index (χ4v) is 0.629. The molecule has 1 unspecified atom stereocenters. The van der Waals surface area contributed by atoms with Crippen LogP contribution in [0.4, 0.5) is 0 Å². The molecule has 0 aromatic rings. The zero-order chi connectivity index (χ0) is 9.40. The van der Waals surface area contributed by atoms with E-state index in [1.54, 1.807) is 13.0 Å². The number of hydrogen-bond donors (Lipinski definition) is 0. The fourth-order valence-electron chi connectivity index (χ4n) is 0.629. The molecule has 0 aromatic heterocycles. The summed E-state index contributed by atoms with van der Waals surface area (Å²) >= 11 is 0. The maximum Gasteiger partial charge on any atom is 0.308 e. The maximum absolute atomic E-state index is 10.8. The predicted molar refractivity (Wildman–Crippen MR) is 46.9 cm³/mol. The van der Waals surface area contributed by atoms with Gasteiger partial charge in [-0.1, -0.05) is 6.08 Å². The average Bonchev–Trinajstić information content (AvgIpc) is 2.04. The van der Waals surface area contributed by atoms with E-state index in [1.807, 2.05) is 6.92 Å². The minimum atomic E-state index is -0.214. The van der Waals surface area contributed by atoms with Crippen molar-refractivity contribution in [3.63, 3.8) is 0 Å². The van der Waals surface area contributed by atoms with Gasteiger partial charge in [-0.3, -0.25) is 4.79 Å². The fraction of sp³-hybridized carbons (Fsp3) is 0.667. The normalized spacial score (nSPS) is 12.2. The van der Waals surface area contributed by atoms with Crippen molar-refractivity contribution >= 4 is 5.97 Å². The number of ether oxygens (including phenoxy) is 2. The summed E-state index contributed by atoms with van der Waals surface area (Å²) in [6.07, 6.45) is 2.00. The Morgan fingerprint density at radius 1 is 1.67 bits per heavy atom. The van der Waals surface area contributed by atoms with Gasteiger partial charge in [0.05, 0.1) is 25.7 Å². The van der Waals surface area contributed by atoms with Crippen molar-refractivity contribution in [1.29, 1.82) is 0 Å². The van der Waals surface area contributed by atoms with Crippen LogP contribution >= 0.6 is 0 Å². The second-order valence-electron chi connectivity index (χ2n) is 2.37. The highest BCUT2D eigenvalue weighted by Gasteiger charge is 2.02. The molecule has 0 aliphatic carbocycles. The summed E-state index contributed by atoms with van der Waals surface area (Å²) in [7, 11) is 0. The summed E-state index contributed by atoms with van der Waals surface area (Å²) in [5, 5.41) is 0. The van der Waals surface area contributed by atoms with Gasteiger partial charge in [-0.15, -0.1) is 6.58 Å². The van der Waals surface area contributed by atoms with Gasteiger partial charge < -0.3 is 9.47 Å². The molecule has 0 saturated heterocycles. The Morgan fingerprint density at radius 2 is 2.33 bits per heavy atom. The Hall–Kier alpha value is -0.830. The Balaban J connectivity index is 3.30. The zero-order valence-corrected chi connectivity index (χ0v) is 7.71. The number of rotatable bonds is 6. The van der Waals surface area contributed by atoms with Crippen LogP contribution in [0.2, 0.25) is 0 Å². The molecule has 12 heavy (non-hydrogen) atoms. The van der Waals surface area contributed by atoms with E-state index in [2.05, 4.69) is 6.58 Å². The van der Waals surface area contributed by atoms with Crippen molar-refractivity contribution in [2.24, 2.45) is 0 Å². The Morgan fingerprint density at radius 3 is 2.83 bits per heavy atom. The predicted octanol–water partition coefficient (Wildman–Crippen LogP) is 1.53. The number of carbonyl (C=O) groups excluding carboxylic acids is 1. The molecule has 0 aliphatic rings. The molecule has 1 atom stereocenters. The highest BCUT2D eigenvalue weighted by Crippen LogP contribution is 1.94. The van der Waals surface area contributed by atoms with E-state index in [0.29, 0.717) is 19.6 Å². The largest absolute Gasteiger partial charge is 0.466 e. The van der Waals surface area contributed by atoms with Crippen molar-refractivity contribution in [2.75, 3.05) is 13.2 Å². The summed E-state index contributed by atoms with van der Waals surface area (Å²) in [5.74, 6) is -0.214. The molecule has 3 heteroatoms. The lowest BCUT2D eigenvalue weighted by Gasteiger charge is -2.07. The topological polar surface area (TPSA) is 35.5 Å². The molecule has 0 aromatic carbocycles. The first-order valence-corrected chi connectivity index (χ1v) is 4.10. The summed E-state index contributed by atoms with van der Waals surface area (Å²) in [6.45, 7) is 8.03. The summed E-state index contributed by atoms with van der Waals surface area (Å²) < 4.78 is 9.90. The number of esters is 1. The number of carbonyl (C=O) groups is 1. The molecule has 0 heterocycles. The van der Waals surface area contributed by atoms with Gasteiger partial charge in [-0.05, 0) is 13.8 Å². The quantitative estimate of drug-likeness (QED) is 0.450. The average molecular weight is 172 g/mol. The summed E-state index contributed by atoms with van der Waals surface area (Å²) in [4.78, 5) is 10.8. The van der Waals surface area contributed by atoms with Crippen LogP contribution in [0.3, 0.4) is 0 Å². The van der Waals surface area contributed by atoms with Gasteiger partial charge in [0.1, 0.15) is 0 Å². The van der Waals surface area contributed by atoms with Crippen LogP contribution in [0.1, 0.15) is 20.3 Å². The van der Waals surface area contributed by atoms with E-state index in [4.69, 9.17) is 9.47 Å². The lowest BCUT2D eigenvalue weighted by Crippen LogP contribution is -2.11. The summed E-state index contributed by atoms with van der Waals surface area (Å²) in [5.41, 5.74) is 0. The third-order valence-electron chi connectivity index (χ3n) is 1.32. The van der Waals surface area contributed by atoms with Crippen molar-refractivity contribution < 1.29 is 14.3 Å². The molecule has 0 rings (SSSR count). The molecule has 0 fully saturated rings.